The Morgan fingerprint density at radius 3 is 1.88 bits per heavy atom. The molecule has 0 bridgehead atoms. The zero-order valence-electron chi connectivity index (χ0n) is 14.5. The summed E-state index contributed by atoms with van der Waals surface area (Å²) in [5, 5.41) is 28.9. The Labute approximate surface area is 143 Å². The normalized spacial score (nSPS) is 13.5. The maximum absolute atomic E-state index is 9.88. The van der Waals surface area contributed by atoms with E-state index in [-0.39, 0.29) is 18.1 Å². The molecule has 0 saturated carbocycles. The third-order valence-electron chi connectivity index (χ3n) is 4.65. The molecule has 0 radical (unpaired) electrons. The van der Waals surface area contributed by atoms with Crippen LogP contribution in [0.15, 0.2) is 36.4 Å². The number of methoxy groups -OCH3 is 1. The maximum Gasteiger partial charge on any atom is 0.160 e. The Hall–Kier alpha value is -2.20. The summed E-state index contributed by atoms with van der Waals surface area (Å²) in [6, 6.07) is 11.0. The van der Waals surface area contributed by atoms with Crippen molar-refractivity contribution in [1.82, 2.24) is 0 Å². The number of aliphatic hydroxyl groups is 1. The van der Waals surface area contributed by atoms with Gasteiger partial charge in [-0.05, 0) is 54.0 Å². The standard InChI is InChI=1S/C20H26O4/c1-13(8-15-4-6-17(12-21)18(22)10-15)14(2)9-16-5-7-20(24-3)19(23)11-16/h4-7,10-11,13-14,21-23H,8-9,12H2,1-3H3. The molecule has 0 aliphatic rings. The van der Waals surface area contributed by atoms with Crippen molar-refractivity contribution in [3.05, 3.63) is 53.1 Å². The van der Waals surface area contributed by atoms with Crippen LogP contribution in [-0.2, 0) is 19.4 Å². The highest BCUT2D eigenvalue weighted by atomic mass is 16.5. The first-order valence-corrected chi connectivity index (χ1v) is 8.22. The second-order valence-corrected chi connectivity index (χ2v) is 6.49. The third kappa shape index (κ3) is 4.42. The fourth-order valence-corrected chi connectivity index (χ4v) is 2.88. The molecule has 3 N–H and O–H groups in total. The first-order valence-electron chi connectivity index (χ1n) is 8.22. The van der Waals surface area contributed by atoms with Crippen LogP contribution in [0, 0.1) is 11.8 Å². The van der Waals surface area contributed by atoms with Gasteiger partial charge in [-0.15, -0.1) is 0 Å². The van der Waals surface area contributed by atoms with Crippen LogP contribution in [0.3, 0.4) is 0 Å². The highest BCUT2D eigenvalue weighted by molar-refractivity contribution is 5.41. The molecular formula is C20H26O4. The topological polar surface area (TPSA) is 69.9 Å². The Morgan fingerprint density at radius 1 is 0.875 bits per heavy atom. The summed E-state index contributed by atoms with van der Waals surface area (Å²) < 4.78 is 5.07. The van der Waals surface area contributed by atoms with E-state index in [0.717, 1.165) is 24.0 Å². The van der Waals surface area contributed by atoms with Crippen molar-refractivity contribution in [1.29, 1.82) is 0 Å². The van der Waals surface area contributed by atoms with Crippen molar-refractivity contribution in [2.24, 2.45) is 11.8 Å². The highest BCUT2D eigenvalue weighted by Crippen LogP contribution is 2.29. The minimum atomic E-state index is -0.154. The van der Waals surface area contributed by atoms with E-state index in [1.807, 2.05) is 12.1 Å². The lowest BCUT2D eigenvalue weighted by Gasteiger charge is -2.21. The lowest BCUT2D eigenvalue weighted by Crippen LogP contribution is -2.13. The summed E-state index contributed by atoms with van der Waals surface area (Å²) >= 11 is 0. The molecule has 0 spiro atoms. The summed E-state index contributed by atoms with van der Waals surface area (Å²) in [4.78, 5) is 0. The summed E-state index contributed by atoms with van der Waals surface area (Å²) in [5.41, 5.74) is 2.68. The van der Waals surface area contributed by atoms with Gasteiger partial charge in [0.15, 0.2) is 11.5 Å². The quantitative estimate of drug-likeness (QED) is 0.725. The van der Waals surface area contributed by atoms with Crippen LogP contribution in [0.1, 0.15) is 30.5 Å². The number of hydrogen-bond donors (Lipinski definition) is 3. The largest absolute Gasteiger partial charge is 0.508 e. The molecule has 2 aromatic carbocycles. The first-order chi connectivity index (χ1) is 11.4. The van der Waals surface area contributed by atoms with E-state index in [4.69, 9.17) is 9.84 Å². The van der Waals surface area contributed by atoms with Gasteiger partial charge in [0.1, 0.15) is 5.75 Å². The van der Waals surface area contributed by atoms with Crippen molar-refractivity contribution in [3.63, 3.8) is 0 Å². The van der Waals surface area contributed by atoms with Crippen molar-refractivity contribution >= 4 is 0 Å². The monoisotopic (exact) mass is 330 g/mol. The Balaban J connectivity index is 2.00. The van der Waals surface area contributed by atoms with Gasteiger partial charge in [0.05, 0.1) is 13.7 Å². The van der Waals surface area contributed by atoms with Gasteiger partial charge in [-0.2, -0.15) is 0 Å². The van der Waals surface area contributed by atoms with Gasteiger partial charge in [0, 0.05) is 5.56 Å². The predicted molar refractivity (Wildman–Crippen MR) is 94.4 cm³/mol. The van der Waals surface area contributed by atoms with Crippen LogP contribution in [0.25, 0.3) is 0 Å². The van der Waals surface area contributed by atoms with E-state index in [9.17, 15) is 10.2 Å². The molecule has 0 aromatic heterocycles. The summed E-state index contributed by atoms with van der Waals surface area (Å²) in [5.74, 6) is 1.62. The minimum Gasteiger partial charge on any atom is -0.508 e. The van der Waals surface area contributed by atoms with Gasteiger partial charge < -0.3 is 20.1 Å². The lowest BCUT2D eigenvalue weighted by atomic mass is 9.85. The second-order valence-electron chi connectivity index (χ2n) is 6.49. The molecule has 0 fully saturated rings. The molecule has 4 heteroatoms. The first kappa shape index (κ1) is 18.1. The van der Waals surface area contributed by atoms with E-state index in [0.29, 0.717) is 23.1 Å². The van der Waals surface area contributed by atoms with Crippen LogP contribution < -0.4 is 4.74 Å². The average Bonchev–Trinajstić information content (AvgIpc) is 2.55. The number of hydrogen-bond acceptors (Lipinski definition) is 4. The Bertz CT molecular complexity index is 622. The van der Waals surface area contributed by atoms with Crippen LogP contribution in [0.2, 0.25) is 0 Å². The molecule has 2 unspecified atom stereocenters. The molecule has 2 aromatic rings. The van der Waals surface area contributed by atoms with Gasteiger partial charge in [-0.3, -0.25) is 0 Å². The van der Waals surface area contributed by atoms with Crippen LogP contribution in [0.4, 0.5) is 0 Å². The van der Waals surface area contributed by atoms with Crippen molar-refractivity contribution in [2.45, 2.75) is 33.3 Å². The number of ether oxygens (including phenoxy) is 1. The predicted octanol–water partition coefficient (Wildman–Crippen LogP) is 3.66. The molecular weight excluding hydrogens is 304 g/mol. The van der Waals surface area contributed by atoms with Crippen LogP contribution in [0.5, 0.6) is 17.2 Å². The van der Waals surface area contributed by atoms with Crippen LogP contribution >= 0.6 is 0 Å². The number of aromatic hydroxyl groups is 2. The molecule has 0 aliphatic carbocycles. The number of phenolic OH excluding ortho intramolecular Hbond substituents is 1. The van der Waals surface area contributed by atoms with Crippen LogP contribution in [-0.4, -0.2) is 22.4 Å². The molecule has 2 rings (SSSR count). The SMILES string of the molecule is COc1ccc(CC(C)C(C)Cc2ccc(CO)c(O)c2)cc1O. The molecule has 0 amide bonds. The number of rotatable bonds is 7. The summed E-state index contributed by atoms with van der Waals surface area (Å²) in [6.45, 7) is 4.22. The average molecular weight is 330 g/mol. The van der Waals surface area contributed by atoms with Gasteiger partial charge in [0.25, 0.3) is 0 Å². The van der Waals surface area contributed by atoms with Crippen molar-refractivity contribution in [3.8, 4) is 17.2 Å². The van der Waals surface area contributed by atoms with E-state index < -0.39 is 0 Å². The van der Waals surface area contributed by atoms with Gasteiger partial charge in [0.2, 0.25) is 0 Å². The van der Waals surface area contributed by atoms with E-state index in [1.165, 1.54) is 7.11 Å². The highest BCUT2D eigenvalue weighted by Gasteiger charge is 2.15. The van der Waals surface area contributed by atoms with Crippen molar-refractivity contribution in [2.75, 3.05) is 7.11 Å². The minimum absolute atomic E-state index is 0.148. The molecule has 2 atom stereocenters. The summed E-state index contributed by atoms with van der Waals surface area (Å²) in [7, 11) is 1.54. The Kier molecular flexibility index (Phi) is 6.10. The van der Waals surface area contributed by atoms with E-state index >= 15 is 0 Å². The lowest BCUT2D eigenvalue weighted by molar-refractivity contribution is 0.275. The fraction of sp³-hybridized carbons (Fsp3) is 0.400. The van der Waals surface area contributed by atoms with E-state index in [2.05, 4.69) is 13.8 Å². The molecule has 0 saturated heterocycles. The summed E-state index contributed by atoms with van der Waals surface area (Å²) in [6.07, 6.45) is 1.71. The maximum atomic E-state index is 9.88. The van der Waals surface area contributed by atoms with Gasteiger partial charge in [-0.1, -0.05) is 32.0 Å². The van der Waals surface area contributed by atoms with Gasteiger partial charge >= 0.3 is 0 Å². The number of aliphatic hydroxyl groups excluding tert-OH is 1. The van der Waals surface area contributed by atoms with E-state index in [1.54, 1.807) is 24.3 Å². The molecule has 4 nitrogen and oxygen atoms in total. The zero-order valence-corrected chi connectivity index (χ0v) is 14.5. The van der Waals surface area contributed by atoms with Gasteiger partial charge in [-0.25, -0.2) is 0 Å². The number of phenols is 2. The molecule has 130 valence electrons. The van der Waals surface area contributed by atoms with Crippen molar-refractivity contribution < 1.29 is 20.1 Å². The molecule has 0 heterocycles. The molecule has 24 heavy (non-hydrogen) atoms. The molecule has 0 aliphatic heterocycles. The third-order valence-corrected chi connectivity index (χ3v) is 4.65. The number of benzene rings is 2. The zero-order chi connectivity index (χ0) is 17.7. The smallest absolute Gasteiger partial charge is 0.160 e. The second kappa shape index (κ2) is 8.06. The Morgan fingerprint density at radius 2 is 1.42 bits per heavy atom. The fourth-order valence-electron chi connectivity index (χ4n) is 2.88.